The van der Waals surface area contributed by atoms with Crippen molar-refractivity contribution < 1.29 is 9.90 Å². The Balaban J connectivity index is 1.81. The predicted octanol–water partition coefficient (Wildman–Crippen LogP) is 3.57. The zero-order chi connectivity index (χ0) is 14.1. The summed E-state index contributed by atoms with van der Waals surface area (Å²) in [5, 5.41) is 14.6. The molecule has 2 N–H and O–H groups in total. The van der Waals surface area contributed by atoms with Crippen LogP contribution in [-0.4, -0.2) is 11.0 Å². The third-order valence-corrected chi connectivity index (χ3v) is 4.81. The van der Waals surface area contributed by atoms with E-state index >= 15 is 0 Å². The monoisotopic (exact) mass is 287 g/mol. The van der Waals surface area contributed by atoms with Crippen molar-refractivity contribution in [3.8, 4) is 5.75 Å². The average molecular weight is 287 g/mol. The SMILES string of the molecule is Cc1cc(O)ccc1C(=O)NC1CCCc2sccc21. The summed E-state index contributed by atoms with van der Waals surface area (Å²) in [6.07, 6.45) is 3.23. The highest BCUT2D eigenvalue weighted by atomic mass is 32.1. The van der Waals surface area contributed by atoms with Gasteiger partial charge in [-0.3, -0.25) is 4.79 Å². The zero-order valence-electron chi connectivity index (χ0n) is 11.3. The molecule has 0 radical (unpaired) electrons. The van der Waals surface area contributed by atoms with E-state index in [4.69, 9.17) is 0 Å². The van der Waals surface area contributed by atoms with Crippen LogP contribution in [-0.2, 0) is 6.42 Å². The molecule has 0 bridgehead atoms. The molecule has 0 saturated heterocycles. The summed E-state index contributed by atoms with van der Waals surface area (Å²) in [5.41, 5.74) is 2.69. The quantitative estimate of drug-likeness (QED) is 0.887. The first-order valence-electron chi connectivity index (χ1n) is 6.82. The average Bonchev–Trinajstić information content (AvgIpc) is 2.87. The first-order valence-corrected chi connectivity index (χ1v) is 7.70. The van der Waals surface area contributed by atoms with Crippen molar-refractivity contribution in [3.05, 3.63) is 51.2 Å². The number of fused-ring (bicyclic) bond motifs is 1. The van der Waals surface area contributed by atoms with E-state index in [1.54, 1.807) is 29.5 Å². The predicted molar refractivity (Wildman–Crippen MR) is 80.3 cm³/mol. The number of carbonyl (C=O) groups excluding carboxylic acids is 1. The Kier molecular flexibility index (Phi) is 3.49. The first kappa shape index (κ1) is 13.2. The van der Waals surface area contributed by atoms with E-state index in [1.807, 2.05) is 6.92 Å². The minimum atomic E-state index is -0.0634. The van der Waals surface area contributed by atoms with Gasteiger partial charge in [-0.05, 0) is 67.0 Å². The van der Waals surface area contributed by atoms with Gasteiger partial charge in [-0.25, -0.2) is 0 Å². The molecule has 0 spiro atoms. The molecule has 0 aliphatic heterocycles. The molecule has 3 rings (SSSR count). The maximum Gasteiger partial charge on any atom is 0.252 e. The van der Waals surface area contributed by atoms with E-state index in [9.17, 15) is 9.90 Å². The molecule has 2 aromatic rings. The van der Waals surface area contributed by atoms with E-state index in [0.29, 0.717) is 5.56 Å². The highest BCUT2D eigenvalue weighted by Gasteiger charge is 2.23. The Morgan fingerprint density at radius 1 is 1.40 bits per heavy atom. The molecule has 3 nitrogen and oxygen atoms in total. The molecule has 1 aromatic heterocycles. The number of thiophene rings is 1. The van der Waals surface area contributed by atoms with Crippen LogP contribution in [0.5, 0.6) is 5.75 Å². The third kappa shape index (κ3) is 2.43. The lowest BCUT2D eigenvalue weighted by Crippen LogP contribution is -2.30. The van der Waals surface area contributed by atoms with E-state index in [1.165, 1.54) is 10.4 Å². The number of rotatable bonds is 2. The van der Waals surface area contributed by atoms with E-state index in [0.717, 1.165) is 24.8 Å². The Morgan fingerprint density at radius 3 is 3.05 bits per heavy atom. The second-order valence-corrected chi connectivity index (χ2v) is 6.22. The van der Waals surface area contributed by atoms with Gasteiger partial charge in [-0.1, -0.05) is 0 Å². The molecule has 0 saturated carbocycles. The molecular weight excluding hydrogens is 270 g/mol. The summed E-state index contributed by atoms with van der Waals surface area (Å²) in [4.78, 5) is 13.8. The van der Waals surface area contributed by atoms with Crippen LogP contribution in [0.4, 0.5) is 0 Å². The van der Waals surface area contributed by atoms with Crippen molar-refractivity contribution in [3.63, 3.8) is 0 Å². The van der Waals surface area contributed by atoms with Crippen LogP contribution in [0.1, 0.15) is 45.2 Å². The summed E-state index contributed by atoms with van der Waals surface area (Å²) in [6, 6.07) is 7.08. The number of aromatic hydroxyl groups is 1. The van der Waals surface area contributed by atoms with Gasteiger partial charge < -0.3 is 10.4 Å². The summed E-state index contributed by atoms with van der Waals surface area (Å²) >= 11 is 1.77. The molecular formula is C16H17NO2S. The van der Waals surface area contributed by atoms with Gasteiger partial charge in [0.05, 0.1) is 6.04 Å². The number of carbonyl (C=O) groups is 1. The molecule has 0 fully saturated rings. The van der Waals surface area contributed by atoms with Crippen molar-refractivity contribution in [2.75, 3.05) is 0 Å². The highest BCUT2D eigenvalue weighted by molar-refractivity contribution is 7.10. The molecule has 20 heavy (non-hydrogen) atoms. The lowest BCUT2D eigenvalue weighted by molar-refractivity contribution is 0.0932. The summed E-state index contributed by atoms with van der Waals surface area (Å²) < 4.78 is 0. The van der Waals surface area contributed by atoms with Crippen molar-refractivity contribution >= 4 is 17.2 Å². The number of benzene rings is 1. The van der Waals surface area contributed by atoms with Gasteiger partial charge in [0.25, 0.3) is 5.91 Å². The van der Waals surface area contributed by atoms with Gasteiger partial charge in [-0.15, -0.1) is 11.3 Å². The van der Waals surface area contributed by atoms with Gasteiger partial charge in [0.2, 0.25) is 0 Å². The first-order chi connectivity index (χ1) is 9.65. The van der Waals surface area contributed by atoms with Gasteiger partial charge in [-0.2, -0.15) is 0 Å². The molecule has 1 aromatic carbocycles. The minimum absolute atomic E-state index is 0.0634. The fourth-order valence-electron chi connectivity index (χ4n) is 2.77. The van der Waals surface area contributed by atoms with Crippen LogP contribution in [0.2, 0.25) is 0 Å². The molecule has 104 valence electrons. The summed E-state index contributed by atoms with van der Waals surface area (Å²) in [7, 11) is 0. The number of hydrogen-bond acceptors (Lipinski definition) is 3. The Morgan fingerprint density at radius 2 is 2.25 bits per heavy atom. The Bertz CT molecular complexity index is 648. The third-order valence-electron chi connectivity index (χ3n) is 3.81. The van der Waals surface area contributed by atoms with Gasteiger partial charge in [0.15, 0.2) is 0 Å². The lowest BCUT2D eigenvalue weighted by Gasteiger charge is -2.24. The molecule has 1 amide bonds. The molecule has 1 atom stereocenters. The van der Waals surface area contributed by atoms with E-state index in [-0.39, 0.29) is 17.7 Å². The topological polar surface area (TPSA) is 49.3 Å². The molecule has 4 heteroatoms. The van der Waals surface area contributed by atoms with Gasteiger partial charge >= 0.3 is 0 Å². The largest absolute Gasteiger partial charge is 0.508 e. The minimum Gasteiger partial charge on any atom is -0.508 e. The maximum absolute atomic E-state index is 12.4. The Hall–Kier alpha value is -1.81. The van der Waals surface area contributed by atoms with Gasteiger partial charge in [0, 0.05) is 10.4 Å². The smallest absolute Gasteiger partial charge is 0.252 e. The van der Waals surface area contributed by atoms with Crippen LogP contribution in [0.25, 0.3) is 0 Å². The second-order valence-electron chi connectivity index (χ2n) is 5.22. The standard InChI is InChI=1S/C16H17NO2S/c1-10-9-11(18)5-6-12(10)16(19)17-14-3-2-4-15-13(14)7-8-20-15/h5-9,14,18H,2-4H2,1H3,(H,17,19). The van der Waals surface area contributed by atoms with Gasteiger partial charge in [0.1, 0.15) is 5.75 Å². The number of phenols is 1. The highest BCUT2D eigenvalue weighted by Crippen LogP contribution is 2.33. The number of phenolic OH excluding ortho intramolecular Hbond substituents is 1. The number of amides is 1. The van der Waals surface area contributed by atoms with Crippen molar-refractivity contribution in [1.29, 1.82) is 0 Å². The molecule has 1 aliphatic carbocycles. The van der Waals surface area contributed by atoms with Crippen molar-refractivity contribution in [1.82, 2.24) is 5.32 Å². The number of aryl methyl sites for hydroxylation is 2. The number of nitrogens with one attached hydrogen (secondary N) is 1. The number of hydrogen-bond donors (Lipinski definition) is 2. The van der Waals surface area contributed by atoms with E-state index in [2.05, 4.69) is 16.8 Å². The summed E-state index contributed by atoms with van der Waals surface area (Å²) in [6.45, 7) is 1.84. The van der Waals surface area contributed by atoms with Crippen LogP contribution >= 0.6 is 11.3 Å². The fraction of sp³-hybridized carbons (Fsp3) is 0.312. The van der Waals surface area contributed by atoms with Crippen molar-refractivity contribution in [2.24, 2.45) is 0 Å². The van der Waals surface area contributed by atoms with Crippen LogP contribution in [0.3, 0.4) is 0 Å². The zero-order valence-corrected chi connectivity index (χ0v) is 12.2. The molecule has 1 heterocycles. The molecule has 1 unspecified atom stereocenters. The van der Waals surface area contributed by atoms with Crippen LogP contribution < -0.4 is 5.32 Å². The molecule has 1 aliphatic rings. The van der Waals surface area contributed by atoms with Crippen LogP contribution in [0.15, 0.2) is 29.6 Å². The second kappa shape index (κ2) is 5.29. The maximum atomic E-state index is 12.4. The summed E-state index contributed by atoms with van der Waals surface area (Å²) in [5.74, 6) is 0.128. The van der Waals surface area contributed by atoms with Crippen LogP contribution in [0, 0.1) is 6.92 Å². The van der Waals surface area contributed by atoms with Crippen molar-refractivity contribution in [2.45, 2.75) is 32.2 Å². The fourth-order valence-corrected chi connectivity index (χ4v) is 3.76. The Labute approximate surface area is 122 Å². The lowest BCUT2D eigenvalue weighted by atomic mass is 9.93. The normalized spacial score (nSPS) is 17.6. The van der Waals surface area contributed by atoms with E-state index < -0.39 is 0 Å².